The fraction of sp³-hybridized carbons (Fsp3) is 0.467. The molecule has 1 aromatic heterocycles. The van der Waals surface area contributed by atoms with Crippen LogP contribution in [0.1, 0.15) is 37.1 Å². The third kappa shape index (κ3) is 2.92. The van der Waals surface area contributed by atoms with Crippen molar-refractivity contribution in [3.63, 3.8) is 0 Å². The number of aromatic nitrogens is 2. The van der Waals surface area contributed by atoms with Gasteiger partial charge in [-0.05, 0) is 29.6 Å². The largest absolute Gasteiger partial charge is 0.398 e. The number of rotatable bonds is 3. The summed E-state index contributed by atoms with van der Waals surface area (Å²) < 4.78 is 5.36. The number of hydrogen-bond donors (Lipinski definition) is 1. The summed E-state index contributed by atoms with van der Waals surface area (Å²) in [5.74, 6) is 1.35. The molecule has 20 heavy (non-hydrogen) atoms. The Kier molecular flexibility index (Phi) is 3.85. The van der Waals surface area contributed by atoms with Gasteiger partial charge < -0.3 is 15.2 Å². The molecule has 0 atom stereocenters. The second-order valence-corrected chi connectivity index (χ2v) is 5.26. The molecular formula is C15H20N4O. The number of nitrogens with two attached hydrogens (primary N) is 1. The maximum Gasteiger partial charge on any atom is 0.266 e. The van der Waals surface area contributed by atoms with E-state index in [0.29, 0.717) is 12.3 Å². The van der Waals surface area contributed by atoms with Crippen molar-refractivity contribution in [1.82, 2.24) is 10.1 Å². The van der Waals surface area contributed by atoms with Crippen LogP contribution in [0.3, 0.4) is 0 Å². The minimum Gasteiger partial charge on any atom is -0.398 e. The predicted octanol–water partition coefficient (Wildman–Crippen LogP) is 2.62. The normalized spacial score (nSPS) is 16.1. The molecule has 1 saturated heterocycles. The summed E-state index contributed by atoms with van der Waals surface area (Å²) in [4.78, 5) is 6.72. The lowest BCUT2D eigenvalue weighted by Gasteiger charge is -2.16. The van der Waals surface area contributed by atoms with Gasteiger partial charge >= 0.3 is 0 Å². The van der Waals surface area contributed by atoms with Gasteiger partial charge in [0.1, 0.15) is 0 Å². The highest BCUT2D eigenvalue weighted by Gasteiger charge is 2.16. The predicted molar refractivity (Wildman–Crippen MR) is 78.6 cm³/mol. The molecule has 0 unspecified atom stereocenters. The van der Waals surface area contributed by atoms with E-state index in [-0.39, 0.29) is 0 Å². The minimum atomic E-state index is 0.591. The van der Waals surface area contributed by atoms with Crippen LogP contribution in [0.2, 0.25) is 0 Å². The molecule has 5 heteroatoms. The fourth-order valence-electron chi connectivity index (χ4n) is 2.57. The van der Waals surface area contributed by atoms with Gasteiger partial charge in [0.15, 0.2) is 0 Å². The second-order valence-electron chi connectivity index (χ2n) is 5.26. The van der Waals surface area contributed by atoms with E-state index < -0.39 is 0 Å². The Morgan fingerprint density at radius 1 is 1.10 bits per heavy atom. The quantitative estimate of drug-likeness (QED) is 0.870. The zero-order chi connectivity index (χ0) is 13.8. The number of nitrogen functional groups attached to an aromatic ring is 1. The average molecular weight is 272 g/mol. The molecule has 0 aliphatic carbocycles. The third-order valence-corrected chi connectivity index (χ3v) is 3.74. The smallest absolute Gasteiger partial charge is 0.266 e. The van der Waals surface area contributed by atoms with Crippen molar-refractivity contribution in [2.45, 2.75) is 32.1 Å². The molecule has 0 saturated carbocycles. The molecular weight excluding hydrogens is 252 g/mol. The average Bonchev–Trinajstić information content (AvgIpc) is 2.74. The topological polar surface area (TPSA) is 68.2 Å². The lowest BCUT2D eigenvalue weighted by molar-refractivity contribution is 0.384. The Bertz CT molecular complexity index is 559. The van der Waals surface area contributed by atoms with Crippen LogP contribution in [-0.2, 0) is 6.42 Å². The van der Waals surface area contributed by atoms with Crippen LogP contribution in [0, 0.1) is 0 Å². The standard InChI is InChI=1S/C15H20N4O/c16-13-8-4-3-7-12(13)11-14-17-15(18-20-14)19-9-5-1-2-6-10-19/h3-4,7-8H,1-2,5-6,9-11,16H2. The van der Waals surface area contributed by atoms with E-state index in [4.69, 9.17) is 10.3 Å². The van der Waals surface area contributed by atoms with Gasteiger partial charge in [-0.3, -0.25) is 0 Å². The second kappa shape index (κ2) is 5.94. The molecule has 0 amide bonds. The highest BCUT2D eigenvalue weighted by Crippen LogP contribution is 2.19. The van der Waals surface area contributed by atoms with Gasteiger partial charge in [0.2, 0.25) is 5.89 Å². The Labute approximate surface area is 118 Å². The van der Waals surface area contributed by atoms with Crippen molar-refractivity contribution < 1.29 is 4.52 Å². The Balaban J connectivity index is 1.71. The van der Waals surface area contributed by atoms with Crippen molar-refractivity contribution in [3.05, 3.63) is 35.7 Å². The van der Waals surface area contributed by atoms with E-state index in [2.05, 4.69) is 15.0 Å². The van der Waals surface area contributed by atoms with E-state index in [1.165, 1.54) is 25.7 Å². The maximum atomic E-state index is 5.94. The van der Waals surface area contributed by atoms with Gasteiger partial charge in [0.25, 0.3) is 5.95 Å². The van der Waals surface area contributed by atoms with Crippen LogP contribution < -0.4 is 10.6 Å². The monoisotopic (exact) mass is 272 g/mol. The molecule has 3 rings (SSSR count). The summed E-state index contributed by atoms with van der Waals surface area (Å²) in [5, 5.41) is 4.11. The molecule has 1 fully saturated rings. The van der Waals surface area contributed by atoms with Crippen molar-refractivity contribution in [2.24, 2.45) is 0 Å². The minimum absolute atomic E-state index is 0.591. The first kappa shape index (κ1) is 13.0. The van der Waals surface area contributed by atoms with Crippen LogP contribution in [0.5, 0.6) is 0 Å². The van der Waals surface area contributed by atoms with Gasteiger partial charge in [-0.1, -0.05) is 31.0 Å². The number of hydrogen-bond acceptors (Lipinski definition) is 5. The van der Waals surface area contributed by atoms with Gasteiger partial charge in [0.05, 0.1) is 6.42 Å². The van der Waals surface area contributed by atoms with Crippen LogP contribution >= 0.6 is 0 Å². The Morgan fingerprint density at radius 3 is 2.60 bits per heavy atom. The van der Waals surface area contributed by atoms with E-state index in [9.17, 15) is 0 Å². The molecule has 2 aromatic rings. The van der Waals surface area contributed by atoms with Gasteiger partial charge in [-0.15, -0.1) is 0 Å². The molecule has 1 aromatic carbocycles. The van der Waals surface area contributed by atoms with Crippen molar-refractivity contribution in [1.29, 1.82) is 0 Å². The first-order valence-electron chi connectivity index (χ1n) is 7.24. The third-order valence-electron chi connectivity index (χ3n) is 3.74. The van der Waals surface area contributed by atoms with E-state index >= 15 is 0 Å². The zero-order valence-corrected chi connectivity index (χ0v) is 11.6. The first-order chi connectivity index (χ1) is 9.83. The van der Waals surface area contributed by atoms with Crippen LogP contribution in [0.4, 0.5) is 11.6 Å². The summed E-state index contributed by atoms with van der Waals surface area (Å²) in [6, 6.07) is 7.78. The molecule has 2 N–H and O–H groups in total. The van der Waals surface area contributed by atoms with Crippen LogP contribution in [0.25, 0.3) is 0 Å². The molecule has 0 bridgehead atoms. The summed E-state index contributed by atoms with van der Waals surface area (Å²) in [7, 11) is 0. The highest BCUT2D eigenvalue weighted by atomic mass is 16.5. The SMILES string of the molecule is Nc1ccccc1Cc1nc(N2CCCCCC2)no1. The Hall–Kier alpha value is -2.04. The summed E-state index contributed by atoms with van der Waals surface area (Å²) in [6.07, 6.45) is 5.59. The van der Waals surface area contributed by atoms with Crippen molar-refractivity contribution in [2.75, 3.05) is 23.7 Å². The summed E-state index contributed by atoms with van der Waals surface area (Å²) in [6.45, 7) is 2.04. The highest BCUT2D eigenvalue weighted by molar-refractivity contribution is 5.47. The Morgan fingerprint density at radius 2 is 1.85 bits per heavy atom. The van der Waals surface area contributed by atoms with Crippen molar-refractivity contribution >= 4 is 11.6 Å². The van der Waals surface area contributed by atoms with Crippen LogP contribution in [0.15, 0.2) is 28.8 Å². The molecule has 5 nitrogen and oxygen atoms in total. The van der Waals surface area contributed by atoms with Gasteiger partial charge in [-0.25, -0.2) is 0 Å². The summed E-state index contributed by atoms with van der Waals surface area (Å²) in [5.41, 5.74) is 7.73. The maximum absolute atomic E-state index is 5.94. The lowest BCUT2D eigenvalue weighted by Crippen LogP contribution is -2.24. The molecule has 0 spiro atoms. The number of para-hydroxylation sites is 1. The molecule has 1 aliphatic heterocycles. The molecule has 2 heterocycles. The van der Waals surface area contributed by atoms with Crippen LogP contribution in [-0.4, -0.2) is 23.2 Å². The zero-order valence-electron chi connectivity index (χ0n) is 11.6. The lowest BCUT2D eigenvalue weighted by atomic mass is 10.1. The van der Waals surface area contributed by atoms with Crippen molar-refractivity contribution in [3.8, 4) is 0 Å². The number of benzene rings is 1. The van der Waals surface area contributed by atoms with E-state index in [1.54, 1.807) is 0 Å². The van der Waals surface area contributed by atoms with Gasteiger partial charge in [-0.2, -0.15) is 4.98 Å². The molecule has 106 valence electrons. The fourth-order valence-corrected chi connectivity index (χ4v) is 2.57. The van der Waals surface area contributed by atoms with Gasteiger partial charge in [0, 0.05) is 18.8 Å². The summed E-state index contributed by atoms with van der Waals surface area (Å²) >= 11 is 0. The van der Waals surface area contributed by atoms with E-state index in [1.807, 2.05) is 24.3 Å². The molecule has 1 aliphatic rings. The first-order valence-corrected chi connectivity index (χ1v) is 7.24. The molecule has 0 radical (unpaired) electrons. The number of nitrogens with zero attached hydrogens (tertiary/aromatic N) is 3. The van der Waals surface area contributed by atoms with E-state index in [0.717, 1.165) is 30.3 Å². The number of anilines is 2.